The van der Waals surface area contributed by atoms with Crippen LogP contribution in [0.2, 0.25) is 0 Å². The van der Waals surface area contributed by atoms with Crippen LogP contribution in [0.5, 0.6) is 11.5 Å². The minimum Gasteiger partial charge on any atom is -0.497 e. The summed E-state index contributed by atoms with van der Waals surface area (Å²) in [5.74, 6) is 1.42. The number of carbonyl (C=O) groups is 1. The molecule has 0 heterocycles. The van der Waals surface area contributed by atoms with Gasteiger partial charge in [0, 0.05) is 7.05 Å². The summed E-state index contributed by atoms with van der Waals surface area (Å²) in [6.45, 7) is 4.29. The van der Waals surface area contributed by atoms with Crippen molar-refractivity contribution in [3.05, 3.63) is 24.3 Å². The van der Waals surface area contributed by atoms with E-state index in [0.29, 0.717) is 13.2 Å². The van der Waals surface area contributed by atoms with Gasteiger partial charge in [0.05, 0.1) is 19.2 Å². The molecule has 19 heavy (non-hydrogen) atoms. The van der Waals surface area contributed by atoms with Gasteiger partial charge < -0.3 is 20.1 Å². The minimum atomic E-state index is -0.852. The molecule has 2 N–H and O–H groups in total. The first-order chi connectivity index (χ1) is 8.84. The number of rotatable bonds is 6. The standard InChI is InChI=1S/C14H22N2O3/c1-14(2,15)13(17)16(3)9-10-19-12-7-5-11(18-4)6-8-12/h5-8H,9-10,15H2,1-4H3. The summed E-state index contributed by atoms with van der Waals surface area (Å²) in [5, 5.41) is 0. The Morgan fingerprint density at radius 3 is 2.26 bits per heavy atom. The van der Waals surface area contributed by atoms with Gasteiger partial charge in [0.1, 0.15) is 18.1 Å². The lowest BCUT2D eigenvalue weighted by Gasteiger charge is -2.25. The fraction of sp³-hybridized carbons (Fsp3) is 0.500. The predicted molar refractivity (Wildman–Crippen MR) is 74.4 cm³/mol. The van der Waals surface area contributed by atoms with Crippen LogP contribution in [0.1, 0.15) is 13.8 Å². The second-order valence-corrected chi connectivity index (χ2v) is 4.97. The number of hydrogen-bond donors (Lipinski definition) is 1. The fourth-order valence-corrected chi connectivity index (χ4v) is 1.57. The molecule has 5 nitrogen and oxygen atoms in total. The van der Waals surface area contributed by atoms with Gasteiger partial charge in [0.15, 0.2) is 0 Å². The van der Waals surface area contributed by atoms with Crippen molar-refractivity contribution < 1.29 is 14.3 Å². The normalized spacial score (nSPS) is 11.0. The van der Waals surface area contributed by atoms with Gasteiger partial charge in [-0.05, 0) is 38.1 Å². The van der Waals surface area contributed by atoms with Gasteiger partial charge in [-0.1, -0.05) is 0 Å². The van der Waals surface area contributed by atoms with Gasteiger partial charge in [0.25, 0.3) is 0 Å². The molecule has 0 bridgehead atoms. The smallest absolute Gasteiger partial charge is 0.241 e. The van der Waals surface area contributed by atoms with Crippen molar-refractivity contribution in [2.24, 2.45) is 5.73 Å². The molecule has 0 atom stereocenters. The number of nitrogens with zero attached hydrogens (tertiary/aromatic N) is 1. The van der Waals surface area contributed by atoms with Crippen LogP contribution in [-0.2, 0) is 4.79 Å². The number of amides is 1. The number of hydrogen-bond acceptors (Lipinski definition) is 4. The summed E-state index contributed by atoms with van der Waals surface area (Å²) in [7, 11) is 3.33. The maximum atomic E-state index is 11.8. The lowest BCUT2D eigenvalue weighted by molar-refractivity contribution is -0.134. The average Bonchev–Trinajstić information content (AvgIpc) is 2.37. The third-order valence-electron chi connectivity index (χ3n) is 2.65. The van der Waals surface area contributed by atoms with Crippen molar-refractivity contribution in [2.75, 3.05) is 27.3 Å². The van der Waals surface area contributed by atoms with Crippen LogP contribution in [0.4, 0.5) is 0 Å². The third kappa shape index (κ3) is 4.79. The molecule has 1 aromatic rings. The van der Waals surface area contributed by atoms with Crippen LogP contribution in [0.25, 0.3) is 0 Å². The summed E-state index contributed by atoms with van der Waals surface area (Å²) in [6, 6.07) is 7.31. The number of carbonyl (C=O) groups excluding carboxylic acids is 1. The van der Waals surface area contributed by atoms with E-state index in [-0.39, 0.29) is 5.91 Å². The van der Waals surface area contributed by atoms with Crippen molar-refractivity contribution in [1.29, 1.82) is 0 Å². The molecule has 0 aliphatic carbocycles. The largest absolute Gasteiger partial charge is 0.497 e. The quantitative estimate of drug-likeness (QED) is 0.842. The Kier molecular flexibility index (Phi) is 5.18. The Bertz CT molecular complexity index is 410. The molecule has 5 heteroatoms. The second-order valence-electron chi connectivity index (χ2n) is 4.97. The van der Waals surface area contributed by atoms with Crippen molar-refractivity contribution in [3.63, 3.8) is 0 Å². The first-order valence-electron chi connectivity index (χ1n) is 6.16. The third-order valence-corrected chi connectivity index (χ3v) is 2.65. The molecular weight excluding hydrogens is 244 g/mol. The average molecular weight is 266 g/mol. The molecule has 1 amide bonds. The van der Waals surface area contributed by atoms with Crippen molar-refractivity contribution >= 4 is 5.91 Å². The van der Waals surface area contributed by atoms with E-state index in [0.717, 1.165) is 11.5 Å². The summed E-state index contributed by atoms with van der Waals surface area (Å²) < 4.78 is 10.6. The highest BCUT2D eigenvalue weighted by atomic mass is 16.5. The number of methoxy groups -OCH3 is 1. The topological polar surface area (TPSA) is 64.8 Å². The van der Waals surface area contributed by atoms with E-state index < -0.39 is 5.54 Å². The maximum absolute atomic E-state index is 11.8. The molecule has 0 aliphatic heterocycles. The zero-order valence-corrected chi connectivity index (χ0v) is 12.0. The van der Waals surface area contributed by atoms with Crippen LogP contribution in [-0.4, -0.2) is 43.7 Å². The van der Waals surface area contributed by atoms with E-state index in [1.54, 1.807) is 32.9 Å². The van der Waals surface area contributed by atoms with E-state index in [1.165, 1.54) is 0 Å². The molecule has 0 unspecified atom stereocenters. The van der Waals surface area contributed by atoms with E-state index in [9.17, 15) is 4.79 Å². The van der Waals surface area contributed by atoms with Crippen LogP contribution in [0, 0.1) is 0 Å². The molecule has 0 aromatic heterocycles. The van der Waals surface area contributed by atoms with Gasteiger partial charge >= 0.3 is 0 Å². The number of ether oxygens (including phenoxy) is 2. The summed E-state index contributed by atoms with van der Waals surface area (Å²) in [5.41, 5.74) is 4.90. The molecule has 0 spiro atoms. The number of nitrogens with two attached hydrogens (primary N) is 1. The van der Waals surface area contributed by atoms with Crippen LogP contribution in [0.15, 0.2) is 24.3 Å². The molecule has 106 valence electrons. The first kappa shape index (κ1) is 15.3. The molecule has 0 radical (unpaired) electrons. The Balaban J connectivity index is 2.39. The Labute approximate surface area is 114 Å². The minimum absolute atomic E-state index is 0.106. The van der Waals surface area contributed by atoms with E-state index >= 15 is 0 Å². The molecular formula is C14H22N2O3. The summed E-state index contributed by atoms with van der Waals surface area (Å²) in [4.78, 5) is 13.4. The molecule has 0 saturated carbocycles. The lowest BCUT2D eigenvalue weighted by atomic mass is 10.1. The van der Waals surface area contributed by atoms with Crippen molar-refractivity contribution in [3.8, 4) is 11.5 Å². The highest BCUT2D eigenvalue weighted by Gasteiger charge is 2.25. The van der Waals surface area contributed by atoms with Gasteiger partial charge in [0.2, 0.25) is 5.91 Å². The van der Waals surface area contributed by atoms with Crippen LogP contribution < -0.4 is 15.2 Å². The second kappa shape index (κ2) is 6.43. The lowest BCUT2D eigenvalue weighted by Crippen LogP contribution is -2.50. The summed E-state index contributed by atoms with van der Waals surface area (Å²) in [6.07, 6.45) is 0. The fourth-order valence-electron chi connectivity index (χ4n) is 1.57. The predicted octanol–water partition coefficient (Wildman–Crippen LogP) is 1.27. The molecule has 0 saturated heterocycles. The first-order valence-corrected chi connectivity index (χ1v) is 6.16. The van der Waals surface area contributed by atoms with Gasteiger partial charge in [-0.25, -0.2) is 0 Å². The highest BCUT2D eigenvalue weighted by molar-refractivity contribution is 5.84. The van der Waals surface area contributed by atoms with Crippen LogP contribution in [0.3, 0.4) is 0 Å². The Hall–Kier alpha value is -1.75. The molecule has 0 aliphatic rings. The van der Waals surface area contributed by atoms with Gasteiger partial charge in [-0.2, -0.15) is 0 Å². The summed E-state index contributed by atoms with van der Waals surface area (Å²) >= 11 is 0. The molecule has 0 fully saturated rings. The molecule has 1 aromatic carbocycles. The van der Waals surface area contributed by atoms with Crippen LogP contribution >= 0.6 is 0 Å². The SMILES string of the molecule is COc1ccc(OCCN(C)C(=O)C(C)(C)N)cc1. The monoisotopic (exact) mass is 266 g/mol. The van der Waals surface area contributed by atoms with E-state index in [2.05, 4.69) is 0 Å². The van der Waals surface area contributed by atoms with Gasteiger partial charge in [-0.3, -0.25) is 4.79 Å². The van der Waals surface area contributed by atoms with Crippen molar-refractivity contribution in [1.82, 2.24) is 4.90 Å². The van der Waals surface area contributed by atoms with E-state index in [1.807, 2.05) is 24.3 Å². The zero-order chi connectivity index (χ0) is 14.5. The Morgan fingerprint density at radius 2 is 1.79 bits per heavy atom. The number of likely N-dealkylation sites (N-methyl/N-ethyl adjacent to an activating group) is 1. The van der Waals surface area contributed by atoms with Gasteiger partial charge in [-0.15, -0.1) is 0 Å². The highest BCUT2D eigenvalue weighted by Crippen LogP contribution is 2.16. The molecule has 1 rings (SSSR count). The van der Waals surface area contributed by atoms with Crippen molar-refractivity contribution in [2.45, 2.75) is 19.4 Å². The van der Waals surface area contributed by atoms with E-state index in [4.69, 9.17) is 15.2 Å². The zero-order valence-electron chi connectivity index (χ0n) is 12.0. The Morgan fingerprint density at radius 1 is 1.26 bits per heavy atom. The maximum Gasteiger partial charge on any atom is 0.241 e. The number of benzene rings is 1.